The number of halogens is 3. The monoisotopic (exact) mass is 292 g/mol. The largest absolute Gasteiger partial charge is 0.431 e. The predicted molar refractivity (Wildman–Crippen MR) is 70.2 cm³/mol. The van der Waals surface area contributed by atoms with Gasteiger partial charge in [-0.15, -0.1) is 0 Å². The van der Waals surface area contributed by atoms with Crippen LogP contribution in [-0.2, 0) is 6.18 Å². The summed E-state index contributed by atoms with van der Waals surface area (Å²) >= 11 is 0. The standard InChI is InChI=1S/C15H11F3N2O/c1-9-13(10(2)21)7-14(15(16,17)18)20(9)12-5-3-11(8-19)4-6-12/h3-7H,1-2H3. The molecule has 0 aliphatic heterocycles. The number of aromatic nitrogens is 1. The Kier molecular flexibility index (Phi) is 3.60. The lowest BCUT2D eigenvalue weighted by atomic mass is 10.2. The first-order valence-corrected chi connectivity index (χ1v) is 6.06. The van der Waals surface area contributed by atoms with Gasteiger partial charge >= 0.3 is 6.18 Å². The van der Waals surface area contributed by atoms with E-state index in [-0.39, 0.29) is 16.9 Å². The molecule has 0 saturated heterocycles. The Morgan fingerprint density at radius 1 is 1.24 bits per heavy atom. The molecule has 2 aromatic rings. The van der Waals surface area contributed by atoms with Crippen LogP contribution in [-0.4, -0.2) is 10.4 Å². The number of nitriles is 1. The second kappa shape index (κ2) is 5.09. The normalized spacial score (nSPS) is 11.2. The molecule has 2 rings (SSSR count). The molecule has 6 heteroatoms. The number of ketones is 1. The topological polar surface area (TPSA) is 45.8 Å². The molecule has 0 radical (unpaired) electrons. The van der Waals surface area contributed by atoms with E-state index in [9.17, 15) is 18.0 Å². The summed E-state index contributed by atoms with van der Waals surface area (Å²) in [4.78, 5) is 11.5. The van der Waals surface area contributed by atoms with Crippen molar-refractivity contribution in [2.75, 3.05) is 0 Å². The van der Waals surface area contributed by atoms with Gasteiger partial charge < -0.3 is 4.57 Å². The van der Waals surface area contributed by atoms with Gasteiger partial charge in [-0.05, 0) is 44.2 Å². The maximum absolute atomic E-state index is 13.2. The fourth-order valence-corrected chi connectivity index (χ4v) is 2.19. The molecule has 0 bridgehead atoms. The molecule has 0 amide bonds. The molecule has 0 aliphatic carbocycles. The van der Waals surface area contributed by atoms with E-state index >= 15 is 0 Å². The Morgan fingerprint density at radius 2 is 1.81 bits per heavy atom. The van der Waals surface area contributed by atoms with E-state index in [4.69, 9.17) is 5.26 Å². The molecule has 21 heavy (non-hydrogen) atoms. The lowest BCUT2D eigenvalue weighted by Crippen LogP contribution is -2.13. The van der Waals surface area contributed by atoms with E-state index in [2.05, 4.69) is 0 Å². The highest BCUT2D eigenvalue weighted by atomic mass is 19.4. The van der Waals surface area contributed by atoms with Crippen LogP contribution in [0.15, 0.2) is 30.3 Å². The first-order valence-electron chi connectivity index (χ1n) is 6.06. The highest BCUT2D eigenvalue weighted by Gasteiger charge is 2.37. The van der Waals surface area contributed by atoms with Gasteiger partial charge in [0.1, 0.15) is 5.69 Å². The molecular formula is C15H11F3N2O. The van der Waals surface area contributed by atoms with Crippen LogP contribution in [0, 0.1) is 18.3 Å². The molecule has 0 unspecified atom stereocenters. The van der Waals surface area contributed by atoms with Gasteiger partial charge in [0.2, 0.25) is 0 Å². The Morgan fingerprint density at radius 3 is 2.24 bits per heavy atom. The smallest absolute Gasteiger partial charge is 0.309 e. The fourth-order valence-electron chi connectivity index (χ4n) is 2.19. The SMILES string of the molecule is CC(=O)c1cc(C(F)(F)F)n(-c2ccc(C#N)cc2)c1C. The molecular weight excluding hydrogens is 281 g/mol. The van der Waals surface area contributed by atoms with Crippen LogP contribution in [0.2, 0.25) is 0 Å². The minimum absolute atomic E-state index is 0.0340. The van der Waals surface area contributed by atoms with E-state index in [0.29, 0.717) is 5.56 Å². The maximum atomic E-state index is 13.2. The van der Waals surface area contributed by atoms with Gasteiger partial charge in [0.15, 0.2) is 5.78 Å². The van der Waals surface area contributed by atoms with Crippen molar-refractivity contribution in [1.29, 1.82) is 5.26 Å². The summed E-state index contributed by atoms with van der Waals surface area (Å²) in [5, 5.41) is 8.73. The number of alkyl halides is 3. The van der Waals surface area contributed by atoms with Crippen LogP contribution in [0.25, 0.3) is 5.69 Å². The van der Waals surface area contributed by atoms with E-state index in [1.165, 1.54) is 38.1 Å². The average Bonchev–Trinajstić information content (AvgIpc) is 2.76. The van der Waals surface area contributed by atoms with Gasteiger partial charge in [-0.2, -0.15) is 18.4 Å². The number of benzene rings is 1. The first-order chi connectivity index (χ1) is 9.75. The zero-order chi connectivity index (χ0) is 15.8. The maximum Gasteiger partial charge on any atom is 0.431 e. The van der Waals surface area contributed by atoms with Crippen molar-refractivity contribution in [1.82, 2.24) is 4.57 Å². The number of carbonyl (C=O) groups is 1. The van der Waals surface area contributed by atoms with Gasteiger partial charge in [0.25, 0.3) is 0 Å². The van der Waals surface area contributed by atoms with Crippen molar-refractivity contribution >= 4 is 5.78 Å². The zero-order valence-corrected chi connectivity index (χ0v) is 11.3. The molecule has 1 aromatic carbocycles. The van der Waals surface area contributed by atoms with Crippen molar-refractivity contribution in [3.8, 4) is 11.8 Å². The number of Topliss-reactive ketones (excluding diaryl/α,β-unsaturated/α-hetero) is 1. The van der Waals surface area contributed by atoms with Gasteiger partial charge in [-0.1, -0.05) is 0 Å². The number of rotatable bonds is 2. The summed E-state index contributed by atoms with van der Waals surface area (Å²) in [6.07, 6.45) is -4.58. The summed E-state index contributed by atoms with van der Waals surface area (Å²) in [6, 6.07) is 8.47. The molecule has 0 saturated carbocycles. The molecule has 1 aromatic heterocycles. The second-order valence-corrected chi connectivity index (χ2v) is 4.58. The molecule has 0 fully saturated rings. The van der Waals surface area contributed by atoms with Crippen molar-refractivity contribution in [3.05, 3.63) is 52.8 Å². The fraction of sp³-hybridized carbons (Fsp3) is 0.200. The van der Waals surface area contributed by atoms with E-state index in [1.807, 2.05) is 6.07 Å². The predicted octanol–water partition coefficient (Wildman–Crippen LogP) is 3.88. The number of nitrogens with zero attached hydrogens (tertiary/aromatic N) is 2. The van der Waals surface area contributed by atoms with Crippen LogP contribution >= 0.6 is 0 Å². The van der Waals surface area contributed by atoms with Crippen LogP contribution in [0.3, 0.4) is 0 Å². The third-order valence-electron chi connectivity index (χ3n) is 3.17. The summed E-state index contributed by atoms with van der Waals surface area (Å²) in [5.41, 5.74) is -0.0450. The Balaban J connectivity index is 2.71. The van der Waals surface area contributed by atoms with Crippen molar-refractivity contribution in [3.63, 3.8) is 0 Å². The number of carbonyl (C=O) groups excluding carboxylic acids is 1. The molecule has 0 aliphatic rings. The van der Waals surface area contributed by atoms with Crippen molar-refractivity contribution < 1.29 is 18.0 Å². The second-order valence-electron chi connectivity index (χ2n) is 4.58. The summed E-state index contributed by atoms with van der Waals surface area (Å²) in [7, 11) is 0. The summed E-state index contributed by atoms with van der Waals surface area (Å²) < 4.78 is 40.4. The number of hydrogen-bond acceptors (Lipinski definition) is 2. The van der Waals surface area contributed by atoms with Crippen molar-refractivity contribution in [2.24, 2.45) is 0 Å². The van der Waals surface area contributed by atoms with Gasteiger partial charge in [-0.3, -0.25) is 4.79 Å². The molecule has 0 atom stereocenters. The molecule has 0 spiro atoms. The van der Waals surface area contributed by atoms with Gasteiger partial charge in [0.05, 0.1) is 11.6 Å². The Hall–Kier alpha value is -2.55. The minimum atomic E-state index is -4.58. The van der Waals surface area contributed by atoms with Crippen LogP contribution < -0.4 is 0 Å². The van der Waals surface area contributed by atoms with Gasteiger partial charge in [0, 0.05) is 16.9 Å². The van der Waals surface area contributed by atoms with Crippen LogP contribution in [0.5, 0.6) is 0 Å². The highest BCUT2D eigenvalue weighted by molar-refractivity contribution is 5.95. The molecule has 0 N–H and O–H groups in total. The summed E-state index contributed by atoms with van der Waals surface area (Å²) in [6.45, 7) is 2.69. The summed E-state index contributed by atoms with van der Waals surface area (Å²) in [5.74, 6) is -0.426. The lowest BCUT2D eigenvalue weighted by Gasteiger charge is -2.14. The van der Waals surface area contributed by atoms with Crippen molar-refractivity contribution in [2.45, 2.75) is 20.0 Å². The average molecular weight is 292 g/mol. The Labute approximate surface area is 119 Å². The number of hydrogen-bond donors (Lipinski definition) is 0. The van der Waals surface area contributed by atoms with Crippen LogP contribution in [0.4, 0.5) is 13.2 Å². The first kappa shape index (κ1) is 14.9. The zero-order valence-electron chi connectivity index (χ0n) is 11.3. The molecule has 1 heterocycles. The lowest BCUT2D eigenvalue weighted by molar-refractivity contribution is -0.142. The van der Waals surface area contributed by atoms with Crippen LogP contribution in [0.1, 0.15) is 34.2 Å². The van der Waals surface area contributed by atoms with E-state index < -0.39 is 17.7 Å². The third-order valence-corrected chi connectivity index (χ3v) is 3.17. The van der Waals surface area contributed by atoms with E-state index in [1.54, 1.807) is 0 Å². The Bertz CT molecular complexity index is 734. The van der Waals surface area contributed by atoms with E-state index in [0.717, 1.165) is 10.6 Å². The highest BCUT2D eigenvalue weighted by Crippen LogP contribution is 2.35. The van der Waals surface area contributed by atoms with Gasteiger partial charge in [-0.25, -0.2) is 0 Å². The third kappa shape index (κ3) is 2.68. The minimum Gasteiger partial charge on any atom is -0.309 e. The molecule has 3 nitrogen and oxygen atoms in total. The quantitative estimate of drug-likeness (QED) is 0.788. The molecule has 108 valence electrons.